The summed E-state index contributed by atoms with van der Waals surface area (Å²) in [6.07, 6.45) is -0.229. The van der Waals surface area contributed by atoms with Gasteiger partial charge in [0.15, 0.2) is 6.04 Å². The van der Waals surface area contributed by atoms with E-state index in [1.165, 1.54) is 0 Å². The third-order valence-corrected chi connectivity index (χ3v) is 2.16. The van der Waals surface area contributed by atoms with Gasteiger partial charge < -0.3 is 19.9 Å². The maximum atomic E-state index is 10.6. The Kier molecular flexibility index (Phi) is 2.64. The lowest BCUT2D eigenvalue weighted by Gasteiger charge is -2.22. The topological polar surface area (TPSA) is 80.2 Å². The van der Waals surface area contributed by atoms with Crippen molar-refractivity contribution in [2.75, 3.05) is 26.3 Å². The predicted molar refractivity (Wildman–Crippen MR) is 47.4 cm³/mol. The summed E-state index contributed by atoms with van der Waals surface area (Å²) in [5, 5.41) is 11.8. The van der Waals surface area contributed by atoms with Crippen LogP contribution in [0.3, 0.4) is 0 Å². The molecule has 2 heterocycles. The standard InChI is InChI=1S/C8H12N2O4/c11-8(12)5-4-14-7(10-5)6-3-9-1-2-13-6/h5-6,9H,1-4H2,(H,11,12). The summed E-state index contributed by atoms with van der Waals surface area (Å²) in [5.41, 5.74) is 0. The highest BCUT2D eigenvalue weighted by Crippen LogP contribution is 2.10. The van der Waals surface area contributed by atoms with Crippen LogP contribution in [0, 0.1) is 0 Å². The molecule has 78 valence electrons. The zero-order valence-corrected chi connectivity index (χ0v) is 7.60. The van der Waals surface area contributed by atoms with E-state index in [4.69, 9.17) is 14.6 Å². The fraction of sp³-hybridized carbons (Fsp3) is 0.750. The van der Waals surface area contributed by atoms with Gasteiger partial charge in [0.25, 0.3) is 0 Å². The fourth-order valence-corrected chi connectivity index (χ4v) is 1.42. The Hall–Kier alpha value is -1.14. The summed E-state index contributed by atoms with van der Waals surface area (Å²) in [5.74, 6) is -0.548. The van der Waals surface area contributed by atoms with E-state index in [-0.39, 0.29) is 12.7 Å². The molecule has 0 aromatic carbocycles. The lowest BCUT2D eigenvalue weighted by atomic mass is 10.3. The molecule has 2 rings (SSSR count). The van der Waals surface area contributed by atoms with Gasteiger partial charge in [-0.1, -0.05) is 0 Å². The molecule has 0 aromatic rings. The number of hydrogen-bond acceptors (Lipinski definition) is 5. The normalized spacial score (nSPS) is 32.1. The smallest absolute Gasteiger partial charge is 0.332 e. The largest absolute Gasteiger partial charge is 0.480 e. The molecule has 0 saturated carbocycles. The van der Waals surface area contributed by atoms with Crippen molar-refractivity contribution >= 4 is 11.9 Å². The number of carboxylic acids is 1. The average Bonchev–Trinajstić information content (AvgIpc) is 2.68. The first-order valence-electron chi connectivity index (χ1n) is 4.53. The van der Waals surface area contributed by atoms with Crippen LogP contribution >= 0.6 is 0 Å². The third-order valence-electron chi connectivity index (χ3n) is 2.16. The molecule has 0 amide bonds. The number of morpholine rings is 1. The summed E-state index contributed by atoms with van der Waals surface area (Å²) < 4.78 is 10.5. The number of aliphatic imine (C=N–C) groups is 1. The second-order valence-electron chi connectivity index (χ2n) is 3.20. The first kappa shape index (κ1) is 9.42. The lowest BCUT2D eigenvalue weighted by molar-refractivity contribution is -0.138. The van der Waals surface area contributed by atoms with Gasteiger partial charge in [0.05, 0.1) is 6.61 Å². The minimum absolute atomic E-state index is 0.116. The highest BCUT2D eigenvalue weighted by molar-refractivity contribution is 5.87. The van der Waals surface area contributed by atoms with Crippen LogP contribution in [0.5, 0.6) is 0 Å². The Labute approximate surface area is 80.9 Å². The number of nitrogens with one attached hydrogen (secondary N) is 1. The van der Waals surface area contributed by atoms with Crippen LogP contribution in [0.1, 0.15) is 0 Å². The predicted octanol–water partition coefficient (Wildman–Crippen LogP) is -1.14. The first-order chi connectivity index (χ1) is 6.77. The molecule has 0 aliphatic carbocycles. The van der Waals surface area contributed by atoms with Crippen LogP contribution in [-0.4, -0.2) is 55.4 Å². The van der Waals surface area contributed by atoms with Crippen LogP contribution < -0.4 is 5.32 Å². The SMILES string of the molecule is O=C(O)C1COC(C2CNCCO2)=N1. The average molecular weight is 200 g/mol. The Balaban J connectivity index is 1.97. The Morgan fingerprint density at radius 1 is 1.64 bits per heavy atom. The number of rotatable bonds is 2. The summed E-state index contributed by atoms with van der Waals surface area (Å²) in [6.45, 7) is 2.16. The van der Waals surface area contributed by atoms with Crippen LogP contribution in [0.2, 0.25) is 0 Å². The quantitative estimate of drug-likeness (QED) is 0.588. The van der Waals surface area contributed by atoms with Crippen molar-refractivity contribution in [1.29, 1.82) is 0 Å². The highest BCUT2D eigenvalue weighted by Gasteiger charge is 2.31. The third kappa shape index (κ3) is 1.85. The zero-order chi connectivity index (χ0) is 9.97. The summed E-state index contributed by atoms with van der Waals surface area (Å²) >= 11 is 0. The Morgan fingerprint density at radius 2 is 2.50 bits per heavy atom. The van der Waals surface area contributed by atoms with Crippen molar-refractivity contribution in [1.82, 2.24) is 5.32 Å². The van der Waals surface area contributed by atoms with Crippen molar-refractivity contribution < 1.29 is 19.4 Å². The number of ether oxygens (including phenoxy) is 2. The maximum absolute atomic E-state index is 10.6. The highest BCUT2D eigenvalue weighted by atomic mass is 16.5. The minimum Gasteiger partial charge on any atom is -0.480 e. The number of hydrogen-bond donors (Lipinski definition) is 2. The van der Waals surface area contributed by atoms with Gasteiger partial charge in [-0.25, -0.2) is 9.79 Å². The molecule has 2 N–H and O–H groups in total. The molecule has 0 bridgehead atoms. The molecule has 2 atom stereocenters. The number of nitrogens with zero attached hydrogens (tertiary/aromatic N) is 1. The van der Waals surface area contributed by atoms with Crippen molar-refractivity contribution in [3.8, 4) is 0 Å². The molecular formula is C8H12N2O4. The van der Waals surface area contributed by atoms with E-state index in [2.05, 4.69) is 10.3 Å². The molecule has 0 spiro atoms. The van der Waals surface area contributed by atoms with Crippen LogP contribution in [0.4, 0.5) is 0 Å². The number of carboxylic acid groups (broad SMARTS) is 1. The van der Waals surface area contributed by atoms with E-state index in [0.717, 1.165) is 6.54 Å². The van der Waals surface area contributed by atoms with Gasteiger partial charge in [-0.05, 0) is 0 Å². The zero-order valence-electron chi connectivity index (χ0n) is 7.60. The number of carbonyl (C=O) groups is 1. The van der Waals surface area contributed by atoms with Crippen LogP contribution in [0.15, 0.2) is 4.99 Å². The van der Waals surface area contributed by atoms with E-state index in [9.17, 15) is 4.79 Å². The monoisotopic (exact) mass is 200 g/mol. The summed E-state index contributed by atoms with van der Waals surface area (Å²) in [4.78, 5) is 14.5. The molecule has 6 heteroatoms. The molecule has 0 radical (unpaired) electrons. The molecule has 0 aromatic heterocycles. The van der Waals surface area contributed by atoms with Crippen molar-refractivity contribution in [3.63, 3.8) is 0 Å². The van der Waals surface area contributed by atoms with E-state index in [1.54, 1.807) is 0 Å². The minimum atomic E-state index is -0.955. The van der Waals surface area contributed by atoms with E-state index in [0.29, 0.717) is 19.0 Å². The van der Waals surface area contributed by atoms with E-state index < -0.39 is 12.0 Å². The van der Waals surface area contributed by atoms with Gasteiger partial charge >= 0.3 is 5.97 Å². The van der Waals surface area contributed by atoms with E-state index in [1.807, 2.05) is 0 Å². The van der Waals surface area contributed by atoms with Gasteiger partial charge in [0, 0.05) is 13.1 Å². The maximum Gasteiger partial charge on any atom is 0.332 e. The Morgan fingerprint density at radius 3 is 3.07 bits per heavy atom. The number of aliphatic carboxylic acids is 1. The summed E-state index contributed by atoms with van der Waals surface area (Å²) in [6, 6.07) is -0.768. The van der Waals surface area contributed by atoms with Crippen molar-refractivity contribution in [3.05, 3.63) is 0 Å². The molecule has 2 aliphatic heterocycles. The van der Waals surface area contributed by atoms with E-state index >= 15 is 0 Å². The van der Waals surface area contributed by atoms with Gasteiger partial charge in [0.2, 0.25) is 5.90 Å². The summed E-state index contributed by atoms with van der Waals surface area (Å²) in [7, 11) is 0. The molecule has 2 aliphatic rings. The second kappa shape index (κ2) is 3.93. The fourth-order valence-electron chi connectivity index (χ4n) is 1.42. The van der Waals surface area contributed by atoms with Crippen molar-refractivity contribution in [2.24, 2.45) is 4.99 Å². The second-order valence-corrected chi connectivity index (χ2v) is 3.20. The van der Waals surface area contributed by atoms with Crippen molar-refractivity contribution in [2.45, 2.75) is 12.1 Å². The van der Waals surface area contributed by atoms with Crippen LogP contribution in [-0.2, 0) is 14.3 Å². The Bertz CT molecular complexity index is 260. The molecular weight excluding hydrogens is 188 g/mol. The molecule has 1 fully saturated rings. The van der Waals surface area contributed by atoms with Crippen LogP contribution in [0.25, 0.3) is 0 Å². The first-order valence-corrected chi connectivity index (χ1v) is 4.53. The molecule has 14 heavy (non-hydrogen) atoms. The molecule has 2 unspecified atom stereocenters. The van der Waals surface area contributed by atoms with Gasteiger partial charge in [-0.15, -0.1) is 0 Å². The van der Waals surface area contributed by atoms with Gasteiger partial charge in [-0.3, -0.25) is 0 Å². The van der Waals surface area contributed by atoms with Gasteiger partial charge in [0.1, 0.15) is 12.7 Å². The molecule has 1 saturated heterocycles. The molecule has 6 nitrogen and oxygen atoms in total. The van der Waals surface area contributed by atoms with Gasteiger partial charge in [-0.2, -0.15) is 0 Å². The lowest BCUT2D eigenvalue weighted by Crippen LogP contribution is -2.43.